The highest BCUT2D eigenvalue weighted by atomic mass is 16.3. The van der Waals surface area contributed by atoms with Gasteiger partial charge in [-0.05, 0) is 96.6 Å². The third-order valence-electron chi connectivity index (χ3n) is 6.98. The summed E-state index contributed by atoms with van der Waals surface area (Å²) in [6, 6.07) is 6.08. The predicted octanol–water partition coefficient (Wildman–Crippen LogP) is 9.20. The highest BCUT2D eigenvalue weighted by molar-refractivity contribution is 5.98. The van der Waals surface area contributed by atoms with E-state index in [4.69, 9.17) is 0 Å². The molecule has 2 aromatic carbocycles. The summed E-state index contributed by atoms with van der Waals surface area (Å²) in [5.41, 5.74) is 6.92. The van der Waals surface area contributed by atoms with Gasteiger partial charge in [-0.25, -0.2) is 0 Å². The Bertz CT molecular complexity index is 1150. The van der Waals surface area contributed by atoms with Crippen molar-refractivity contribution in [1.29, 1.82) is 0 Å². The van der Waals surface area contributed by atoms with Crippen molar-refractivity contribution < 1.29 is 10.2 Å². The first-order valence-electron chi connectivity index (χ1n) is 12.7. The molecule has 3 rings (SSSR count). The molecule has 2 aromatic rings. The van der Waals surface area contributed by atoms with Crippen molar-refractivity contribution in [2.45, 2.75) is 86.5 Å². The fourth-order valence-electron chi connectivity index (χ4n) is 4.87. The SMILES string of the molecule is CC(C)=CCC/C(C)=C/CCC1(C)C=Cc2c(c(O)c3ccc(CCC=C(C)C)cc3c2O)C1. The Morgan fingerprint density at radius 3 is 2.29 bits per heavy atom. The summed E-state index contributed by atoms with van der Waals surface area (Å²) in [7, 11) is 0. The van der Waals surface area contributed by atoms with E-state index in [-0.39, 0.29) is 5.41 Å². The van der Waals surface area contributed by atoms with E-state index in [1.165, 1.54) is 22.3 Å². The summed E-state index contributed by atoms with van der Waals surface area (Å²) in [4.78, 5) is 0. The lowest BCUT2D eigenvalue weighted by Crippen LogP contribution is -2.20. The second-order valence-electron chi connectivity index (χ2n) is 10.9. The van der Waals surface area contributed by atoms with Crippen molar-refractivity contribution in [2.24, 2.45) is 5.41 Å². The zero-order chi connectivity index (χ0) is 24.9. The minimum atomic E-state index is -0.0361. The summed E-state index contributed by atoms with van der Waals surface area (Å²) in [5, 5.41) is 23.8. The van der Waals surface area contributed by atoms with Gasteiger partial charge in [0.1, 0.15) is 11.5 Å². The van der Waals surface area contributed by atoms with Crippen LogP contribution in [0.1, 0.15) is 90.3 Å². The summed E-state index contributed by atoms with van der Waals surface area (Å²) in [6.45, 7) is 13.0. The van der Waals surface area contributed by atoms with E-state index in [9.17, 15) is 10.2 Å². The second-order valence-corrected chi connectivity index (χ2v) is 10.9. The molecule has 0 radical (unpaired) electrons. The maximum Gasteiger partial charge on any atom is 0.131 e. The molecule has 2 nitrogen and oxygen atoms in total. The van der Waals surface area contributed by atoms with Crippen molar-refractivity contribution in [3.63, 3.8) is 0 Å². The largest absolute Gasteiger partial charge is 0.507 e. The topological polar surface area (TPSA) is 40.5 Å². The van der Waals surface area contributed by atoms with E-state index in [1.807, 2.05) is 18.2 Å². The maximum absolute atomic E-state index is 11.2. The molecule has 0 aromatic heterocycles. The quantitative estimate of drug-likeness (QED) is 0.290. The standard InChI is InChI=1S/C32H42O2/c1-22(2)10-7-12-24(5)13-9-18-32(6)19-17-27-29(21-32)31(34)26-16-15-25(14-8-11-23(3)4)20-28(26)30(27)33/h10-11,13,15-17,19-20,33-34H,7-9,12,14,18,21H2,1-6H3/b24-13+. The number of allylic oxidation sites excluding steroid dienone is 7. The Labute approximate surface area is 206 Å². The number of aryl methyl sites for hydroxylation is 1. The fourth-order valence-corrected chi connectivity index (χ4v) is 4.87. The average molecular weight is 459 g/mol. The van der Waals surface area contributed by atoms with E-state index in [2.05, 4.69) is 71.9 Å². The van der Waals surface area contributed by atoms with Gasteiger partial charge in [-0.1, -0.05) is 66.2 Å². The van der Waals surface area contributed by atoms with Crippen LogP contribution in [0.25, 0.3) is 16.8 Å². The Kier molecular flexibility index (Phi) is 8.47. The van der Waals surface area contributed by atoms with E-state index >= 15 is 0 Å². The molecule has 34 heavy (non-hydrogen) atoms. The molecule has 0 saturated carbocycles. The molecular formula is C32H42O2. The minimum absolute atomic E-state index is 0.0361. The van der Waals surface area contributed by atoms with Crippen LogP contribution in [-0.2, 0) is 12.8 Å². The number of benzene rings is 2. The lowest BCUT2D eigenvalue weighted by Gasteiger charge is -2.31. The third-order valence-corrected chi connectivity index (χ3v) is 6.98. The van der Waals surface area contributed by atoms with Gasteiger partial charge in [0, 0.05) is 21.9 Å². The molecule has 0 bridgehead atoms. The van der Waals surface area contributed by atoms with Gasteiger partial charge < -0.3 is 10.2 Å². The van der Waals surface area contributed by atoms with Gasteiger partial charge in [-0.3, -0.25) is 0 Å². The number of phenolic OH excluding ortho intramolecular Hbond substituents is 2. The molecule has 0 aliphatic heterocycles. The molecule has 1 unspecified atom stereocenters. The molecule has 0 saturated heterocycles. The van der Waals surface area contributed by atoms with E-state index in [0.29, 0.717) is 11.5 Å². The van der Waals surface area contributed by atoms with Gasteiger partial charge >= 0.3 is 0 Å². The van der Waals surface area contributed by atoms with Gasteiger partial charge in [0.05, 0.1) is 0 Å². The number of hydrogen-bond acceptors (Lipinski definition) is 2. The average Bonchev–Trinajstić information content (AvgIpc) is 2.77. The van der Waals surface area contributed by atoms with Gasteiger partial charge in [0.25, 0.3) is 0 Å². The molecule has 1 atom stereocenters. The van der Waals surface area contributed by atoms with Crippen molar-refractivity contribution >= 4 is 16.8 Å². The lowest BCUT2D eigenvalue weighted by atomic mass is 9.73. The smallest absolute Gasteiger partial charge is 0.131 e. The van der Waals surface area contributed by atoms with Crippen LogP contribution >= 0.6 is 0 Å². The zero-order valence-electron chi connectivity index (χ0n) is 22.0. The van der Waals surface area contributed by atoms with Crippen LogP contribution in [0.2, 0.25) is 0 Å². The minimum Gasteiger partial charge on any atom is -0.507 e. The fraction of sp³-hybridized carbons (Fsp3) is 0.438. The zero-order valence-corrected chi connectivity index (χ0v) is 22.0. The Morgan fingerprint density at radius 2 is 1.59 bits per heavy atom. The van der Waals surface area contributed by atoms with Crippen LogP contribution < -0.4 is 0 Å². The molecule has 0 fully saturated rings. The molecule has 2 N–H and O–H groups in total. The van der Waals surface area contributed by atoms with Crippen molar-refractivity contribution in [3.05, 3.63) is 75.9 Å². The van der Waals surface area contributed by atoms with Crippen molar-refractivity contribution in [1.82, 2.24) is 0 Å². The van der Waals surface area contributed by atoms with E-state index in [0.717, 1.165) is 66.8 Å². The third kappa shape index (κ3) is 6.44. The second kappa shape index (κ2) is 11.1. The molecule has 2 heteroatoms. The molecule has 0 spiro atoms. The van der Waals surface area contributed by atoms with Crippen molar-refractivity contribution in [2.75, 3.05) is 0 Å². The Morgan fingerprint density at radius 1 is 0.882 bits per heavy atom. The summed E-state index contributed by atoms with van der Waals surface area (Å²) in [5.74, 6) is 0.614. The molecule has 1 aliphatic rings. The number of phenols is 2. The number of aromatic hydroxyl groups is 2. The van der Waals surface area contributed by atoms with Crippen LogP contribution in [0, 0.1) is 5.41 Å². The molecule has 0 amide bonds. The first kappa shape index (κ1) is 25.9. The van der Waals surface area contributed by atoms with Gasteiger partial charge in [-0.2, -0.15) is 0 Å². The summed E-state index contributed by atoms with van der Waals surface area (Å²) >= 11 is 0. The van der Waals surface area contributed by atoms with Crippen LogP contribution in [-0.4, -0.2) is 10.2 Å². The highest BCUT2D eigenvalue weighted by Gasteiger charge is 2.30. The van der Waals surface area contributed by atoms with Gasteiger partial charge in [-0.15, -0.1) is 0 Å². The maximum atomic E-state index is 11.2. The predicted molar refractivity (Wildman–Crippen MR) is 148 cm³/mol. The Balaban J connectivity index is 1.78. The van der Waals surface area contributed by atoms with Crippen LogP contribution in [0.3, 0.4) is 0 Å². The Hall–Kier alpha value is -2.74. The van der Waals surface area contributed by atoms with Crippen LogP contribution in [0.4, 0.5) is 0 Å². The summed E-state index contributed by atoms with van der Waals surface area (Å²) < 4.78 is 0. The molecule has 0 heterocycles. The van der Waals surface area contributed by atoms with Gasteiger partial charge in [0.15, 0.2) is 0 Å². The monoisotopic (exact) mass is 458 g/mol. The van der Waals surface area contributed by atoms with Crippen LogP contribution in [0.5, 0.6) is 11.5 Å². The molecule has 1 aliphatic carbocycles. The molecular weight excluding hydrogens is 416 g/mol. The van der Waals surface area contributed by atoms with Crippen molar-refractivity contribution in [3.8, 4) is 11.5 Å². The van der Waals surface area contributed by atoms with E-state index in [1.54, 1.807) is 0 Å². The normalized spacial score (nSPS) is 17.5. The summed E-state index contributed by atoms with van der Waals surface area (Å²) in [6.07, 6.45) is 18.0. The first-order valence-corrected chi connectivity index (χ1v) is 12.7. The molecule has 182 valence electrons. The van der Waals surface area contributed by atoms with Crippen LogP contribution in [0.15, 0.2) is 59.2 Å². The number of rotatable bonds is 9. The first-order chi connectivity index (χ1) is 16.1. The number of fused-ring (bicyclic) bond motifs is 2. The number of hydrogen-bond donors (Lipinski definition) is 2. The van der Waals surface area contributed by atoms with E-state index < -0.39 is 0 Å². The lowest BCUT2D eigenvalue weighted by molar-refractivity contribution is 0.376. The van der Waals surface area contributed by atoms with Gasteiger partial charge in [0.2, 0.25) is 0 Å². The highest BCUT2D eigenvalue weighted by Crippen LogP contribution is 2.47.